The maximum absolute atomic E-state index is 12.1. The molecule has 0 radical (unpaired) electrons. The third kappa shape index (κ3) is 5.30. The Morgan fingerprint density at radius 3 is 2.32 bits per heavy atom. The molecule has 4 nitrogen and oxygen atoms in total. The molecule has 0 fully saturated rings. The Balaban J connectivity index is 2.93. The minimum absolute atomic E-state index is 0.202. The number of esters is 1. The molecular formula is C14H18ClNO3. The predicted molar refractivity (Wildman–Crippen MR) is 73.9 cm³/mol. The molecular weight excluding hydrogens is 266 g/mol. The molecule has 1 N–H and O–H groups in total. The van der Waals surface area contributed by atoms with Gasteiger partial charge in [-0.25, -0.2) is 4.79 Å². The minimum atomic E-state index is -0.841. The summed E-state index contributed by atoms with van der Waals surface area (Å²) in [6.45, 7) is 5.32. The molecule has 5 heteroatoms. The van der Waals surface area contributed by atoms with Gasteiger partial charge in [0.25, 0.3) is 0 Å². The zero-order valence-electron chi connectivity index (χ0n) is 11.3. The van der Waals surface area contributed by atoms with E-state index in [0.717, 1.165) is 0 Å². The highest BCUT2D eigenvalue weighted by molar-refractivity contribution is 6.27. The lowest BCUT2D eigenvalue weighted by atomic mass is 10.1. The number of alkyl halides is 1. The van der Waals surface area contributed by atoms with Gasteiger partial charge in [-0.1, -0.05) is 30.3 Å². The average molecular weight is 284 g/mol. The molecule has 1 rings (SSSR count). The number of benzene rings is 1. The van der Waals surface area contributed by atoms with E-state index in [2.05, 4.69) is 5.32 Å². The van der Waals surface area contributed by atoms with Gasteiger partial charge in [0.05, 0.1) is 0 Å². The maximum atomic E-state index is 12.1. The number of hydrogen-bond acceptors (Lipinski definition) is 3. The second-order valence-electron chi connectivity index (χ2n) is 5.08. The molecule has 0 aliphatic rings. The van der Waals surface area contributed by atoms with Crippen molar-refractivity contribution in [1.29, 1.82) is 0 Å². The van der Waals surface area contributed by atoms with Crippen LogP contribution >= 0.6 is 11.6 Å². The van der Waals surface area contributed by atoms with Crippen LogP contribution in [0.15, 0.2) is 30.3 Å². The van der Waals surface area contributed by atoms with E-state index >= 15 is 0 Å². The first kappa shape index (κ1) is 15.5. The van der Waals surface area contributed by atoms with Crippen LogP contribution in [-0.4, -0.2) is 23.4 Å². The van der Waals surface area contributed by atoms with Crippen LogP contribution in [0.25, 0.3) is 0 Å². The van der Waals surface area contributed by atoms with Crippen molar-refractivity contribution in [3.8, 4) is 0 Å². The maximum Gasteiger partial charge on any atom is 0.333 e. The number of amides is 1. The summed E-state index contributed by atoms with van der Waals surface area (Å²) in [6, 6.07) is 8.08. The van der Waals surface area contributed by atoms with E-state index in [0.29, 0.717) is 5.56 Å². The van der Waals surface area contributed by atoms with Gasteiger partial charge in [0.1, 0.15) is 11.5 Å². The van der Waals surface area contributed by atoms with E-state index in [9.17, 15) is 9.59 Å². The number of rotatable bonds is 4. The molecule has 0 aliphatic carbocycles. The Hall–Kier alpha value is -1.55. The fraction of sp³-hybridized carbons (Fsp3) is 0.429. The molecule has 0 aromatic heterocycles. The summed E-state index contributed by atoms with van der Waals surface area (Å²) in [5.74, 6) is -1.12. The summed E-state index contributed by atoms with van der Waals surface area (Å²) >= 11 is 5.46. The number of ether oxygens (including phenoxy) is 1. The van der Waals surface area contributed by atoms with Gasteiger partial charge in [-0.3, -0.25) is 4.79 Å². The molecule has 0 unspecified atom stereocenters. The first-order chi connectivity index (χ1) is 8.83. The summed E-state index contributed by atoms with van der Waals surface area (Å²) < 4.78 is 5.30. The van der Waals surface area contributed by atoms with Crippen molar-refractivity contribution in [3.05, 3.63) is 35.9 Å². The third-order valence-electron chi connectivity index (χ3n) is 2.20. The number of carbonyl (C=O) groups excluding carboxylic acids is 2. The lowest BCUT2D eigenvalue weighted by Crippen LogP contribution is -2.38. The molecule has 0 saturated heterocycles. The van der Waals surface area contributed by atoms with Crippen molar-refractivity contribution in [2.45, 2.75) is 32.4 Å². The number of halogens is 1. The van der Waals surface area contributed by atoms with Crippen molar-refractivity contribution in [3.63, 3.8) is 0 Å². The molecule has 1 aromatic rings. The van der Waals surface area contributed by atoms with Crippen molar-refractivity contribution in [1.82, 2.24) is 5.32 Å². The Labute approximate surface area is 118 Å². The van der Waals surface area contributed by atoms with Crippen molar-refractivity contribution < 1.29 is 14.3 Å². The van der Waals surface area contributed by atoms with Gasteiger partial charge in [-0.2, -0.15) is 0 Å². The summed E-state index contributed by atoms with van der Waals surface area (Å²) in [4.78, 5) is 23.5. The Morgan fingerprint density at radius 2 is 1.84 bits per heavy atom. The van der Waals surface area contributed by atoms with E-state index < -0.39 is 23.5 Å². The number of carbonyl (C=O) groups is 2. The normalized spacial score (nSPS) is 12.6. The SMILES string of the molecule is CC(C)(C)OC(=O)[C@H](NC(=O)CCl)c1ccccc1. The average Bonchev–Trinajstić information content (AvgIpc) is 2.34. The zero-order chi connectivity index (χ0) is 14.5. The number of nitrogens with one attached hydrogen (secondary N) is 1. The highest BCUT2D eigenvalue weighted by Gasteiger charge is 2.27. The van der Waals surface area contributed by atoms with Gasteiger partial charge in [-0.15, -0.1) is 11.6 Å². The van der Waals surface area contributed by atoms with Gasteiger partial charge in [0.15, 0.2) is 6.04 Å². The Bertz CT molecular complexity index is 440. The highest BCUT2D eigenvalue weighted by atomic mass is 35.5. The van der Waals surface area contributed by atoms with Crippen LogP contribution in [0.4, 0.5) is 0 Å². The van der Waals surface area contributed by atoms with Crippen molar-refractivity contribution in [2.24, 2.45) is 0 Å². The van der Waals surface area contributed by atoms with Crippen LogP contribution in [0.1, 0.15) is 32.4 Å². The molecule has 1 amide bonds. The summed E-state index contributed by atoms with van der Waals surface area (Å²) in [7, 11) is 0. The minimum Gasteiger partial charge on any atom is -0.458 e. The molecule has 0 saturated carbocycles. The lowest BCUT2D eigenvalue weighted by molar-refractivity contribution is -0.158. The topological polar surface area (TPSA) is 55.4 Å². The quantitative estimate of drug-likeness (QED) is 0.682. The van der Waals surface area contributed by atoms with Crippen molar-refractivity contribution >= 4 is 23.5 Å². The van der Waals surface area contributed by atoms with Crippen LogP contribution < -0.4 is 5.32 Å². The first-order valence-electron chi connectivity index (χ1n) is 5.96. The Kier molecular flexibility index (Phi) is 5.36. The fourth-order valence-electron chi connectivity index (χ4n) is 1.48. The molecule has 104 valence electrons. The van der Waals surface area contributed by atoms with E-state index in [1.54, 1.807) is 45.0 Å². The largest absolute Gasteiger partial charge is 0.458 e. The van der Waals surface area contributed by atoms with Gasteiger partial charge in [0, 0.05) is 0 Å². The lowest BCUT2D eigenvalue weighted by Gasteiger charge is -2.24. The second-order valence-corrected chi connectivity index (χ2v) is 5.35. The molecule has 1 aromatic carbocycles. The second kappa shape index (κ2) is 6.57. The van der Waals surface area contributed by atoms with Gasteiger partial charge in [-0.05, 0) is 26.3 Å². The molecule has 19 heavy (non-hydrogen) atoms. The third-order valence-corrected chi connectivity index (χ3v) is 2.44. The number of hydrogen-bond donors (Lipinski definition) is 1. The molecule has 1 atom stereocenters. The van der Waals surface area contributed by atoms with E-state index in [1.807, 2.05) is 6.07 Å². The highest BCUT2D eigenvalue weighted by Crippen LogP contribution is 2.18. The Morgan fingerprint density at radius 1 is 1.26 bits per heavy atom. The fourth-order valence-corrected chi connectivity index (χ4v) is 1.56. The van der Waals surface area contributed by atoms with Crippen LogP contribution in [0, 0.1) is 0 Å². The molecule has 0 aliphatic heterocycles. The van der Waals surface area contributed by atoms with Crippen LogP contribution in [-0.2, 0) is 14.3 Å². The van der Waals surface area contributed by atoms with E-state index in [-0.39, 0.29) is 5.88 Å². The van der Waals surface area contributed by atoms with Crippen LogP contribution in [0.2, 0.25) is 0 Å². The first-order valence-corrected chi connectivity index (χ1v) is 6.50. The predicted octanol–water partition coefficient (Wildman–Crippen LogP) is 2.42. The van der Waals surface area contributed by atoms with E-state index in [1.165, 1.54) is 0 Å². The van der Waals surface area contributed by atoms with Crippen LogP contribution in [0.3, 0.4) is 0 Å². The summed E-state index contributed by atoms with van der Waals surface area (Å²) in [6.07, 6.45) is 0. The van der Waals surface area contributed by atoms with Crippen LogP contribution in [0.5, 0.6) is 0 Å². The van der Waals surface area contributed by atoms with Gasteiger partial charge < -0.3 is 10.1 Å². The molecule has 0 heterocycles. The molecule has 0 spiro atoms. The summed E-state index contributed by atoms with van der Waals surface area (Å²) in [5.41, 5.74) is 0.0470. The van der Waals surface area contributed by atoms with Gasteiger partial charge in [0.2, 0.25) is 5.91 Å². The monoisotopic (exact) mass is 283 g/mol. The zero-order valence-corrected chi connectivity index (χ0v) is 12.0. The smallest absolute Gasteiger partial charge is 0.333 e. The molecule has 0 bridgehead atoms. The standard InChI is InChI=1S/C14H18ClNO3/c1-14(2,3)19-13(18)12(16-11(17)9-15)10-7-5-4-6-8-10/h4-8,12H,9H2,1-3H3,(H,16,17)/t12-/m1/s1. The van der Waals surface area contributed by atoms with Crippen molar-refractivity contribution in [2.75, 3.05) is 5.88 Å². The van der Waals surface area contributed by atoms with Gasteiger partial charge >= 0.3 is 5.97 Å². The summed E-state index contributed by atoms with van der Waals surface area (Å²) in [5, 5.41) is 2.56. The van der Waals surface area contributed by atoms with E-state index in [4.69, 9.17) is 16.3 Å².